The Morgan fingerprint density at radius 2 is 1.92 bits per heavy atom. The van der Waals surface area contributed by atoms with E-state index in [1.54, 1.807) is 12.1 Å². The number of rotatable bonds is 5. The molecule has 2 fully saturated rings. The largest absolute Gasteiger partial charge is 0.483 e. The molecule has 2 aliphatic rings. The number of halogens is 2. The molecule has 194 valence electrons. The van der Waals surface area contributed by atoms with Crippen LogP contribution >= 0.6 is 0 Å². The summed E-state index contributed by atoms with van der Waals surface area (Å²) in [6, 6.07) is 6.27. The molecule has 2 aromatic rings. The number of carbonyl (C=O) groups is 3. The molecule has 1 unspecified atom stereocenters. The zero-order valence-electron chi connectivity index (χ0n) is 20.7. The van der Waals surface area contributed by atoms with Gasteiger partial charge in [0.05, 0.1) is 5.56 Å². The highest BCUT2D eigenvalue weighted by Gasteiger charge is 2.39. The molecular weight excluding hydrogens is 470 g/mol. The van der Waals surface area contributed by atoms with Gasteiger partial charge in [0, 0.05) is 55.7 Å². The van der Waals surface area contributed by atoms with Crippen molar-refractivity contribution < 1.29 is 28.3 Å². The van der Waals surface area contributed by atoms with E-state index >= 15 is 0 Å². The second-order valence-corrected chi connectivity index (χ2v) is 9.37. The molecule has 2 heterocycles. The molecule has 0 bridgehead atoms. The van der Waals surface area contributed by atoms with Gasteiger partial charge < -0.3 is 15.3 Å². The van der Waals surface area contributed by atoms with Crippen molar-refractivity contribution in [3.8, 4) is 0 Å². The minimum absolute atomic E-state index is 0.00647. The summed E-state index contributed by atoms with van der Waals surface area (Å²) in [7, 11) is 0. The summed E-state index contributed by atoms with van der Waals surface area (Å²) in [5, 5.41) is 9.69. The molecule has 2 N–H and O–H groups in total. The normalized spacial score (nSPS) is 21.6. The first-order valence-corrected chi connectivity index (χ1v) is 11.9. The predicted molar refractivity (Wildman–Crippen MR) is 131 cm³/mol. The summed E-state index contributed by atoms with van der Waals surface area (Å²) in [5.41, 5.74) is 3.25. The quantitative estimate of drug-likeness (QED) is 0.606. The Kier molecular flexibility index (Phi) is 9.08. The van der Waals surface area contributed by atoms with Crippen LogP contribution in [0, 0.1) is 25.6 Å². The van der Waals surface area contributed by atoms with Crippen molar-refractivity contribution in [1.82, 2.24) is 14.8 Å². The Balaban J connectivity index is 0.00000115. The molecule has 2 amide bonds. The summed E-state index contributed by atoms with van der Waals surface area (Å²) < 4.78 is 27.6. The molecule has 1 saturated heterocycles. The number of anilines is 1. The van der Waals surface area contributed by atoms with Crippen LogP contribution in [0.3, 0.4) is 0 Å². The van der Waals surface area contributed by atoms with Gasteiger partial charge in [-0.15, -0.1) is 0 Å². The van der Waals surface area contributed by atoms with Crippen molar-refractivity contribution >= 4 is 24.0 Å². The highest BCUT2D eigenvalue weighted by molar-refractivity contribution is 6.04. The third-order valence-electron chi connectivity index (χ3n) is 6.72. The van der Waals surface area contributed by atoms with Gasteiger partial charge in [0.2, 0.25) is 5.91 Å². The van der Waals surface area contributed by atoms with Crippen molar-refractivity contribution in [1.29, 1.82) is 0 Å². The number of pyridine rings is 1. The van der Waals surface area contributed by atoms with E-state index in [2.05, 4.69) is 15.2 Å². The zero-order chi connectivity index (χ0) is 26.4. The number of aromatic nitrogens is 1. The van der Waals surface area contributed by atoms with Gasteiger partial charge in [-0.1, -0.05) is 0 Å². The number of hydrogen-bond acceptors (Lipinski definition) is 5. The van der Waals surface area contributed by atoms with Crippen molar-refractivity contribution in [3.05, 3.63) is 58.7 Å². The molecule has 10 heteroatoms. The molecule has 1 aliphatic heterocycles. The molecule has 8 nitrogen and oxygen atoms in total. The second-order valence-electron chi connectivity index (χ2n) is 9.37. The van der Waals surface area contributed by atoms with E-state index in [9.17, 15) is 18.4 Å². The molecule has 0 spiro atoms. The molecule has 1 aromatic carbocycles. The van der Waals surface area contributed by atoms with Crippen LogP contribution in [0.2, 0.25) is 0 Å². The Morgan fingerprint density at radius 1 is 1.22 bits per heavy atom. The summed E-state index contributed by atoms with van der Waals surface area (Å²) >= 11 is 0. The van der Waals surface area contributed by atoms with Crippen LogP contribution in [-0.4, -0.2) is 70.0 Å². The predicted octanol–water partition coefficient (Wildman–Crippen LogP) is 3.57. The summed E-state index contributed by atoms with van der Waals surface area (Å²) in [6.45, 7) is 7.86. The van der Waals surface area contributed by atoms with Crippen LogP contribution in [0.15, 0.2) is 30.5 Å². The average Bonchev–Trinajstić information content (AvgIpc) is 2.80. The Morgan fingerprint density at radius 3 is 2.50 bits per heavy atom. The molecule has 1 aromatic heterocycles. The van der Waals surface area contributed by atoms with Gasteiger partial charge >= 0.3 is 0 Å². The maximum atomic E-state index is 14.4. The number of hydrogen-bond donors (Lipinski definition) is 2. The zero-order valence-corrected chi connectivity index (χ0v) is 20.7. The highest BCUT2D eigenvalue weighted by Crippen LogP contribution is 2.33. The van der Waals surface area contributed by atoms with E-state index in [4.69, 9.17) is 9.90 Å². The summed E-state index contributed by atoms with van der Waals surface area (Å²) in [6.07, 6.45) is 1.33. The van der Waals surface area contributed by atoms with Crippen LogP contribution in [0.25, 0.3) is 0 Å². The van der Waals surface area contributed by atoms with E-state index < -0.39 is 12.0 Å². The van der Waals surface area contributed by atoms with E-state index in [0.29, 0.717) is 50.3 Å². The van der Waals surface area contributed by atoms with E-state index in [1.807, 2.05) is 25.7 Å². The molecule has 1 atom stereocenters. The first-order chi connectivity index (χ1) is 17.1. The van der Waals surface area contributed by atoms with Gasteiger partial charge in [0.1, 0.15) is 12.0 Å². The third kappa shape index (κ3) is 6.63. The van der Waals surface area contributed by atoms with Gasteiger partial charge in [-0.25, -0.2) is 8.78 Å². The van der Waals surface area contributed by atoms with E-state index in [1.165, 1.54) is 18.3 Å². The number of benzene rings is 1. The number of piperazine rings is 1. The lowest BCUT2D eigenvalue weighted by Crippen LogP contribution is -2.56. The minimum Gasteiger partial charge on any atom is -0.483 e. The van der Waals surface area contributed by atoms with Gasteiger partial charge in [-0.05, 0) is 69.0 Å². The van der Waals surface area contributed by atoms with Gasteiger partial charge in [-0.3, -0.25) is 24.3 Å². The first kappa shape index (κ1) is 27.2. The van der Waals surface area contributed by atoms with E-state index in [0.717, 1.165) is 16.8 Å². The number of carboxylic acid groups (broad SMARTS) is 1. The minimum atomic E-state index is -0.844. The molecule has 1 aliphatic carbocycles. The fraction of sp³-hybridized carbons (Fsp3) is 0.462. The van der Waals surface area contributed by atoms with Gasteiger partial charge in [0.15, 0.2) is 0 Å². The maximum Gasteiger partial charge on any atom is 0.290 e. The van der Waals surface area contributed by atoms with Gasteiger partial charge in [-0.2, -0.15) is 0 Å². The molecule has 36 heavy (non-hydrogen) atoms. The van der Waals surface area contributed by atoms with Crippen molar-refractivity contribution in [3.63, 3.8) is 0 Å². The van der Waals surface area contributed by atoms with Crippen LogP contribution < -0.4 is 5.32 Å². The number of alkyl halides is 1. The summed E-state index contributed by atoms with van der Waals surface area (Å²) in [5.74, 6) is -0.891. The Bertz CT molecular complexity index is 1090. The molecule has 1 saturated carbocycles. The van der Waals surface area contributed by atoms with E-state index in [-0.39, 0.29) is 30.2 Å². The Hall–Kier alpha value is -3.40. The second kappa shape index (κ2) is 12.0. The van der Waals surface area contributed by atoms with Crippen LogP contribution in [0.4, 0.5) is 14.5 Å². The molecule has 4 rings (SSSR count). The van der Waals surface area contributed by atoms with Crippen LogP contribution in [-0.2, 0) is 16.1 Å². The number of amides is 2. The summed E-state index contributed by atoms with van der Waals surface area (Å²) in [4.78, 5) is 41.8. The third-order valence-corrected chi connectivity index (χ3v) is 6.72. The number of nitrogens with zero attached hydrogens (tertiary/aromatic N) is 3. The lowest BCUT2D eigenvalue weighted by atomic mass is 9.82. The van der Waals surface area contributed by atoms with Crippen molar-refractivity contribution in [2.75, 3.05) is 25.0 Å². The van der Waals surface area contributed by atoms with Crippen molar-refractivity contribution in [2.45, 2.75) is 52.4 Å². The smallest absolute Gasteiger partial charge is 0.290 e. The fourth-order valence-electron chi connectivity index (χ4n) is 4.56. The average molecular weight is 503 g/mol. The fourth-order valence-corrected chi connectivity index (χ4v) is 4.56. The molecule has 0 radical (unpaired) electrons. The van der Waals surface area contributed by atoms with Crippen LogP contribution in [0.1, 0.15) is 46.9 Å². The SMILES string of the molecule is Cc1ccc(C(=O)Nc2cc(F)cc(CN3CCN(C(=O)C4CC(F)C4)C(C)C3)c2C)cn1.O=CO. The van der Waals surface area contributed by atoms with Crippen LogP contribution in [0.5, 0.6) is 0 Å². The monoisotopic (exact) mass is 502 g/mol. The standard InChI is InChI=1S/C25H30F2N4O2.CH2O2/c1-15-4-5-18(12-28-15)24(32)29-23-11-22(27)10-20(17(23)3)14-30-6-7-31(16(2)13-30)25(33)19-8-21(26)9-19;2-1-3/h4-5,10-12,16,19,21H,6-9,13-14H2,1-3H3,(H,29,32);1H,(H,2,3). The number of nitrogens with one attached hydrogen (secondary N) is 1. The number of carbonyl (C=O) groups excluding carboxylic acids is 2. The van der Waals surface area contributed by atoms with Crippen molar-refractivity contribution in [2.24, 2.45) is 5.92 Å². The highest BCUT2D eigenvalue weighted by atomic mass is 19.1. The topological polar surface area (TPSA) is 103 Å². The maximum absolute atomic E-state index is 14.4. The lowest BCUT2D eigenvalue weighted by molar-refractivity contribution is -0.145. The molecular formula is C26H32F2N4O4. The lowest BCUT2D eigenvalue weighted by Gasteiger charge is -2.43. The first-order valence-electron chi connectivity index (χ1n) is 11.9. The Labute approximate surface area is 209 Å². The number of aryl methyl sites for hydroxylation is 1. The van der Waals surface area contributed by atoms with Gasteiger partial charge in [0.25, 0.3) is 12.4 Å².